The summed E-state index contributed by atoms with van der Waals surface area (Å²) in [5, 5.41) is 24.9. The highest BCUT2D eigenvalue weighted by Crippen LogP contribution is 1.96. The van der Waals surface area contributed by atoms with Crippen LogP contribution in [0.5, 0.6) is 0 Å². The van der Waals surface area contributed by atoms with Crippen LogP contribution in [0.2, 0.25) is 0 Å². The molecule has 0 saturated heterocycles. The Morgan fingerprint density at radius 1 is 1.67 bits per heavy atom. The zero-order chi connectivity index (χ0) is 7.44. The number of carboxylic acids is 1. The number of hydrogen-bond donors (Lipinski definition) is 3. The van der Waals surface area contributed by atoms with Crippen LogP contribution in [-0.4, -0.2) is 34.0 Å². The molecule has 0 aliphatic heterocycles. The first-order chi connectivity index (χ1) is 4.09. The minimum atomic E-state index is -1.34. The Labute approximate surface area is 52.1 Å². The Kier molecular flexibility index (Phi) is 2.90. The van der Waals surface area contributed by atoms with E-state index in [1.54, 1.807) is 0 Å². The average molecular weight is 132 g/mol. The topological polar surface area (TPSA) is 77.8 Å². The molecule has 0 aromatic heterocycles. The molecule has 1 unspecified atom stereocenters. The Morgan fingerprint density at radius 2 is 2.11 bits per heavy atom. The molecule has 52 valence electrons. The van der Waals surface area contributed by atoms with Crippen molar-refractivity contribution in [2.24, 2.45) is 0 Å². The maximum absolute atomic E-state index is 9.93. The number of aliphatic carboxylic acids is 1. The summed E-state index contributed by atoms with van der Waals surface area (Å²) < 4.78 is 0. The molecule has 0 aromatic carbocycles. The molecule has 0 fully saturated rings. The van der Waals surface area contributed by atoms with E-state index >= 15 is 0 Å². The van der Waals surface area contributed by atoms with Crippen LogP contribution >= 0.6 is 0 Å². The van der Waals surface area contributed by atoms with E-state index in [9.17, 15) is 4.79 Å². The maximum Gasteiger partial charge on any atom is 0.333 e. The number of rotatable bonds is 3. The van der Waals surface area contributed by atoms with Crippen molar-refractivity contribution in [2.45, 2.75) is 6.10 Å². The van der Waals surface area contributed by atoms with Gasteiger partial charge < -0.3 is 15.3 Å². The first kappa shape index (κ1) is 8.13. The average Bonchev–Trinajstić information content (AvgIpc) is 1.84. The molecule has 0 spiro atoms. The van der Waals surface area contributed by atoms with E-state index in [2.05, 4.69) is 6.58 Å². The van der Waals surface area contributed by atoms with Gasteiger partial charge in [-0.25, -0.2) is 4.79 Å². The van der Waals surface area contributed by atoms with E-state index in [0.717, 1.165) is 0 Å². The van der Waals surface area contributed by atoms with Crippen molar-refractivity contribution in [3.05, 3.63) is 12.2 Å². The molecule has 1 atom stereocenters. The van der Waals surface area contributed by atoms with Gasteiger partial charge in [-0.2, -0.15) is 0 Å². The van der Waals surface area contributed by atoms with Crippen molar-refractivity contribution in [3.63, 3.8) is 0 Å². The van der Waals surface area contributed by atoms with Gasteiger partial charge in [0.1, 0.15) is 6.10 Å². The third-order valence-corrected chi connectivity index (χ3v) is 0.850. The lowest BCUT2D eigenvalue weighted by atomic mass is 10.2. The van der Waals surface area contributed by atoms with Gasteiger partial charge in [-0.3, -0.25) is 0 Å². The van der Waals surface area contributed by atoms with Gasteiger partial charge in [-0.1, -0.05) is 6.58 Å². The first-order valence-electron chi connectivity index (χ1n) is 2.30. The van der Waals surface area contributed by atoms with E-state index in [1.165, 1.54) is 0 Å². The van der Waals surface area contributed by atoms with Crippen LogP contribution in [0.25, 0.3) is 0 Å². The van der Waals surface area contributed by atoms with Crippen molar-refractivity contribution in [3.8, 4) is 0 Å². The zero-order valence-corrected chi connectivity index (χ0v) is 4.74. The minimum Gasteiger partial charge on any atom is -0.478 e. The third kappa shape index (κ3) is 2.25. The monoisotopic (exact) mass is 132 g/mol. The largest absolute Gasteiger partial charge is 0.478 e. The molecular formula is C5H8O4. The van der Waals surface area contributed by atoms with E-state index in [0.29, 0.717) is 0 Å². The minimum absolute atomic E-state index is 0.391. The van der Waals surface area contributed by atoms with E-state index < -0.39 is 24.3 Å². The predicted molar refractivity (Wildman–Crippen MR) is 29.9 cm³/mol. The first-order valence-corrected chi connectivity index (χ1v) is 2.30. The van der Waals surface area contributed by atoms with Crippen LogP contribution in [0.4, 0.5) is 0 Å². The molecule has 0 amide bonds. The van der Waals surface area contributed by atoms with Gasteiger partial charge in [-0.15, -0.1) is 0 Å². The van der Waals surface area contributed by atoms with Gasteiger partial charge in [-0.05, 0) is 0 Å². The summed E-state index contributed by atoms with van der Waals surface area (Å²) in [6, 6.07) is 0. The van der Waals surface area contributed by atoms with Gasteiger partial charge in [0.05, 0.1) is 12.2 Å². The predicted octanol–water partition coefficient (Wildman–Crippen LogP) is -1.02. The van der Waals surface area contributed by atoms with Gasteiger partial charge in [0, 0.05) is 0 Å². The molecule has 0 aromatic rings. The van der Waals surface area contributed by atoms with Gasteiger partial charge in [0.25, 0.3) is 0 Å². The fraction of sp³-hybridized carbons (Fsp3) is 0.400. The van der Waals surface area contributed by atoms with Crippen molar-refractivity contribution in [1.29, 1.82) is 0 Å². The summed E-state index contributed by atoms with van der Waals surface area (Å²) in [5.41, 5.74) is -0.391. The van der Waals surface area contributed by atoms with Crippen molar-refractivity contribution in [1.82, 2.24) is 0 Å². The van der Waals surface area contributed by atoms with E-state index in [-0.39, 0.29) is 0 Å². The standard InChI is InChI=1S/C5H8O4/c1-3(5(8)9)4(7)2-6/h4,6-7H,1-2H2,(H,8,9). The van der Waals surface area contributed by atoms with Gasteiger partial charge >= 0.3 is 5.97 Å². The van der Waals surface area contributed by atoms with Gasteiger partial charge in [0.15, 0.2) is 0 Å². The van der Waals surface area contributed by atoms with Crippen molar-refractivity contribution in [2.75, 3.05) is 6.61 Å². The number of carboxylic acid groups (broad SMARTS) is 1. The second-order valence-electron chi connectivity index (χ2n) is 1.53. The second-order valence-corrected chi connectivity index (χ2v) is 1.53. The van der Waals surface area contributed by atoms with Crippen LogP contribution in [0.15, 0.2) is 12.2 Å². The van der Waals surface area contributed by atoms with Crippen LogP contribution in [0.3, 0.4) is 0 Å². The molecule has 0 rings (SSSR count). The lowest BCUT2D eigenvalue weighted by Crippen LogP contribution is -2.20. The third-order valence-electron chi connectivity index (χ3n) is 0.850. The molecule has 0 heterocycles. The summed E-state index contributed by atoms with van der Waals surface area (Å²) >= 11 is 0. The molecule has 0 bridgehead atoms. The normalized spacial score (nSPS) is 12.7. The Hall–Kier alpha value is -0.870. The molecule has 4 nitrogen and oxygen atoms in total. The molecule has 3 N–H and O–H groups in total. The smallest absolute Gasteiger partial charge is 0.333 e. The van der Waals surface area contributed by atoms with E-state index in [1.807, 2.05) is 0 Å². The molecule has 0 radical (unpaired) electrons. The summed E-state index contributed by atoms with van der Waals surface area (Å²) in [6.07, 6.45) is -1.34. The maximum atomic E-state index is 9.93. The fourth-order valence-electron chi connectivity index (χ4n) is 0.253. The van der Waals surface area contributed by atoms with Crippen LogP contribution in [-0.2, 0) is 4.79 Å². The van der Waals surface area contributed by atoms with Crippen molar-refractivity contribution >= 4 is 5.97 Å². The Morgan fingerprint density at radius 3 is 2.22 bits per heavy atom. The summed E-state index contributed by atoms with van der Waals surface area (Å²) in [4.78, 5) is 9.93. The van der Waals surface area contributed by atoms with Gasteiger partial charge in [0.2, 0.25) is 0 Å². The molecule has 0 aliphatic rings. The number of aliphatic hydroxyl groups excluding tert-OH is 2. The zero-order valence-electron chi connectivity index (χ0n) is 4.74. The lowest BCUT2D eigenvalue weighted by Gasteiger charge is -2.03. The van der Waals surface area contributed by atoms with Crippen LogP contribution in [0, 0.1) is 0 Å². The molecule has 9 heavy (non-hydrogen) atoms. The number of carbonyl (C=O) groups is 1. The molecule has 0 aliphatic carbocycles. The highest BCUT2D eigenvalue weighted by Gasteiger charge is 2.12. The molecule has 0 saturated carbocycles. The summed E-state index contributed by atoms with van der Waals surface area (Å²) in [7, 11) is 0. The number of hydrogen-bond acceptors (Lipinski definition) is 3. The Balaban J connectivity index is 3.88. The Bertz CT molecular complexity index is 129. The highest BCUT2D eigenvalue weighted by molar-refractivity contribution is 5.86. The summed E-state index contributed by atoms with van der Waals surface area (Å²) in [5.74, 6) is -1.29. The van der Waals surface area contributed by atoms with Crippen LogP contribution < -0.4 is 0 Å². The molecular weight excluding hydrogens is 124 g/mol. The highest BCUT2D eigenvalue weighted by atomic mass is 16.4. The lowest BCUT2D eigenvalue weighted by molar-refractivity contribution is -0.134. The van der Waals surface area contributed by atoms with E-state index in [4.69, 9.17) is 15.3 Å². The number of aliphatic hydroxyl groups is 2. The summed E-state index contributed by atoms with van der Waals surface area (Å²) in [6.45, 7) is 2.41. The second kappa shape index (κ2) is 3.21. The van der Waals surface area contributed by atoms with Crippen molar-refractivity contribution < 1.29 is 20.1 Å². The molecule has 4 heteroatoms. The van der Waals surface area contributed by atoms with Crippen LogP contribution in [0.1, 0.15) is 0 Å². The SMILES string of the molecule is C=C(C(=O)O)C(O)CO. The quantitative estimate of drug-likeness (QED) is 0.429. The fourth-order valence-corrected chi connectivity index (χ4v) is 0.253.